The van der Waals surface area contributed by atoms with Gasteiger partial charge < -0.3 is 14.2 Å². The number of ether oxygens (including phenoxy) is 1. The average Bonchev–Trinajstić information content (AvgIpc) is 3.09. The lowest BCUT2D eigenvalue weighted by atomic mass is 10.1. The number of aromatic nitrogens is 2. The maximum atomic E-state index is 12.5. The molecule has 2 aromatic carbocycles. The maximum absolute atomic E-state index is 12.5. The first-order chi connectivity index (χ1) is 12.2. The van der Waals surface area contributed by atoms with E-state index in [0.717, 1.165) is 5.56 Å². The number of anilines is 1. The van der Waals surface area contributed by atoms with Gasteiger partial charge in [0.15, 0.2) is 5.75 Å². The lowest BCUT2D eigenvalue weighted by molar-refractivity contribution is -0.159. The molecule has 0 spiro atoms. The van der Waals surface area contributed by atoms with Crippen molar-refractivity contribution in [3.05, 3.63) is 56.2 Å². The number of hydrogen-bond acceptors (Lipinski definition) is 7. The van der Waals surface area contributed by atoms with Crippen LogP contribution in [0.5, 0.6) is 5.75 Å². The van der Waals surface area contributed by atoms with Gasteiger partial charge in [0.2, 0.25) is 5.82 Å². The van der Waals surface area contributed by atoms with Gasteiger partial charge in [0.05, 0.1) is 7.11 Å². The van der Waals surface area contributed by atoms with Crippen LogP contribution in [0.25, 0.3) is 11.4 Å². The lowest BCUT2D eigenvalue weighted by Crippen LogP contribution is -2.39. The SMILES string of the molecule is COc1c(N(C)Cc2ccc(-c3noc(C(F)(F)F)n3)cc2)c(=O)c1=O. The van der Waals surface area contributed by atoms with E-state index < -0.39 is 22.9 Å². The van der Waals surface area contributed by atoms with Gasteiger partial charge in [0.1, 0.15) is 5.69 Å². The smallest absolute Gasteiger partial charge is 0.471 e. The van der Waals surface area contributed by atoms with Crippen LogP contribution in [-0.4, -0.2) is 24.3 Å². The Morgan fingerprint density at radius 3 is 2.35 bits per heavy atom. The van der Waals surface area contributed by atoms with Gasteiger partial charge in [0, 0.05) is 19.2 Å². The second-order valence-corrected chi connectivity index (χ2v) is 5.51. The molecular formula is C16H12F3N3O4. The first-order valence-electron chi connectivity index (χ1n) is 7.31. The molecule has 0 aliphatic heterocycles. The van der Waals surface area contributed by atoms with Gasteiger partial charge in [-0.2, -0.15) is 18.2 Å². The maximum Gasteiger partial charge on any atom is 0.471 e. The van der Waals surface area contributed by atoms with E-state index in [1.807, 2.05) is 0 Å². The van der Waals surface area contributed by atoms with Crippen molar-refractivity contribution in [2.45, 2.75) is 12.7 Å². The molecular weight excluding hydrogens is 355 g/mol. The Hall–Kier alpha value is -3.17. The van der Waals surface area contributed by atoms with Crippen LogP contribution in [0, 0.1) is 0 Å². The fourth-order valence-electron chi connectivity index (χ4n) is 2.46. The van der Waals surface area contributed by atoms with E-state index >= 15 is 0 Å². The third kappa shape index (κ3) is 3.05. The monoisotopic (exact) mass is 367 g/mol. The summed E-state index contributed by atoms with van der Waals surface area (Å²) in [5.74, 6) is -1.58. The minimum Gasteiger partial charge on any atom is -0.491 e. The largest absolute Gasteiger partial charge is 0.491 e. The van der Waals surface area contributed by atoms with E-state index in [4.69, 9.17) is 4.74 Å². The summed E-state index contributed by atoms with van der Waals surface area (Å²) >= 11 is 0. The van der Waals surface area contributed by atoms with Crippen molar-refractivity contribution in [1.29, 1.82) is 0 Å². The van der Waals surface area contributed by atoms with Crippen molar-refractivity contribution in [2.75, 3.05) is 19.1 Å². The zero-order chi connectivity index (χ0) is 19.1. The second kappa shape index (κ2) is 6.28. The van der Waals surface area contributed by atoms with Gasteiger partial charge in [-0.25, -0.2) is 0 Å². The summed E-state index contributed by atoms with van der Waals surface area (Å²) in [6.07, 6.45) is -4.70. The van der Waals surface area contributed by atoms with Crippen LogP contribution in [-0.2, 0) is 12.7 Å². The molecule has 0 aliphatic carbocycles. The molecule has 0 atom stereocenters. The number of benzene rings is 1. The van der Waals surface area contributed by atoms with Crippen molar-refractivity contribution in [1.82, 2.24) is 10.1 Å². The van der Waals surface area contributed by atoms with E-state index in [9.17, 15) is 22.8 Å². The Bertz CT molecular complexity index is 1000. The number of methoxy groups -OCH3 is 1. The molecule has 1 aromatic heterocycles. The molecule has 3 rings (SSSR count). The Balaban J connectivity index is 1.76. The number of alkyl halides is 3. The van der Waals surface area contributed by atoms with E-state index in [2.05, 4.69) is 14.7 Å². The molecule has 136 valence electrons. The first-order valence-corrected chi connectivity index (χ1v) is 7.31. The molecule has 0 radical (unpaired) electrons. The van der Waals surface area contributed by atoms with Gasteiger partial charge in [-0.1, -0.05) is 29.4 Å². The molecule has 7 nitrogen and oxygen atoms in total. The third-order valence-corrected chi connectivity index (χ3v) is 3.73. The number of rotatable bonds is 5. The fraction of sp³-hybridized carbons (Fsp3) is 0.250. The molecule has 0 N–H and O–H groups in total. The minimum absolute atomic E-state index is 0.0144. The van der Waals surface area contributed by atoms with Crippen molar-refractivity contribution in [3.63, 3.8) is 0 Å². The molecule has 26 heavy (non-hydrogen) atoms. The number of hydrogen-bond donors (Lipinski definition) is 0. The van der Waals surface area contributed by atoms with E-state index in [1.165, 1.54) is 19.2 Å². The van der Waals surface area contributed by atoms with Crippen molar-refractivity contribution >= 4 is 5.69 Å². The summed E-state index contributed by atoms with van der Waals surface area (Å²) in [6.45, 7) is 0.293. The van der Waals surface area contributed by atoms with Gasteiger partial charge >= 0.3 is 12.1 Å². The van der Waals surface area contributed by atoms with Gasteiger partial charge in [-0.05, 0) is 5.56 Å². The third-order valence-electron chi connectivity index (χ3n) is 3.73. The lowest BCUT2D eigenvalue weighted by Gasteiger charge is -2.22. The predicted molar refractivity (Wildman–Crippen MR) is 84.7 cm³/mol. The standard InChI is InChI=1S/C16H12F3N3O4/c1-22(10-11(23)12(24)13(10)25-2)7-8-3-5-9(6-4-8)14-20-15(26-21-14)16(17,18)19/h3-6H,7H2,1-2H3. The number of halogens is 3. The predicted octanol–water partition coefficient (Wildman–Crippen LogP) is 2.00. The van der Waals surface area contributed by atoms with Crippen LogP contribution < -0.4 is 20.5 Å². The second-order valence-electron chi connectivity index (χ2n) is 5.51. The van der Waals surface area contributed by atoms with Crippen LogP contribution in [0.2, 0.25) is 0 Å². The minimum atomic E-state index is -4.70. The van der Waals surface area contributed by atoms with Crippen molar-refractivity contribution in [3.8, 4) is 17.1 Å². The molecule has 0 amide bonds. The summed E-state index contributed by atoms with van der Waals surface area (Å²) in [5, 5.41) is 3.31. The van der Waals surface area contributed by atoms with Gasteiger partial charge in [0.25, 0.3) is 10.9 Å². The van der Waals surface area contributed by atoms with Crippen LogP contribution >= 0.6 is 0 Å². The molecule has 10 heteroatoms. The average molecular weight is 367 g/mol. The van der Waals surface area contributed by atoms with E-state index in [0.29, 0.717) is 12.1 Å². The van der Waals surface area contributed by atoms with Crippen molar-refractivity contribution < 1.29 is 22.4 Å². The highest BCUT2D eigenvalue weighted by Gasteiger charge is 2.38. The molecule has 0 saturated heterocycles. The molecule has 1 heterocycles. The fourth-order valence-corrected chi connectivity index (χ4v) is 2.46. The summed E-state index contributed by atoms with van der Waals surface area (Å²) in [5.41, 5.74) is 0.0116. The Morgan fingerprint density at radius 2 is 1.81 bits per heavy atom. The zero-order valence-corrected chi connectivity index (χ0v) is 13.6. The van der Waals surface area contributed by atoms with Gasteiger partial charge in [-0.3, -0.25) is 9.59 Å². The van der Waals surface area contributed by atoms with E-state index in [1.54, 1.807) is 24.1 Å². The molecule has 0 saturated carbocycles. The van der Waals surface area contributed by atoms with Crippen molar-refractivity contribution in [2.24, 2.45) is 0 Å². The molecule has 0 aliphatic rings. The summed E-state index contributed by atoms with van der Waals surface area (Å²) in [4.78, 5) is 27.9. The topological polar surface area (TPSA) is 85.5 Å². The highest BCUT2D eigenvalue weighted by molar-refractivity contribution is 5.63. The van der Waals surface area contributed by atoms with E-state index in [-0.39, 0.29) is 17.3 Å². The quantitative estimate of drug-likeness (QED) is 0.638. The zero-order valence-electron chi connectivity index (χ0n) is 13.6. The molecule has 0 fully saturated rings. The normalized spacial score (nSPS) is 11.7. The van der Waals surface area contributed by atoms with Crippen LogP contribution in [0.4, 0.5) is 18.9 Å². The molecule has 0 unspecified atom stereocenters. The summed E-state index contributed by atoms with van der Waals surface area (Å²) in [7, 11) is 2.93. The van der Waals surface area contributed by atoms with Crippen LogP contribution in [0.1, 0.15) is 11.5 Å². The summed E-state index contributed by atoms with van der Waals surface area (Å²) in [6, 6.07) is 6.36. The Morgan fingerprint density at radius 1 is 1.15 bits per heavy atom. The van der Waals surface area contributed by atoms with Crippen LogP contribution in [0.15, 0.2) is 38.4 Å². The van der Waals surface area contributed by atoms with Gasteiger partial charge in [-0.15, -0.1) is 0 Å². The first kappa shape index (κ1) is 17.6. The molecule has 0 bridgehead atoms. The van der Waals surface area contributed by atoms with Crippen LogP contribution in [0.3, 0.4) is 0 Å². The summed E-state index contributed by atoms with van der Waals surface area (Å²) < 4.78 is 46.6. The highest BCUT2D eigenvalue weighted by Crippen LogP contribution is 2.29. The molecule has 3 aromatic rings. The highest BCUT2D eigenvalue weighted by atomic mass is 19.4. The Labute approximate surface area is 144 Å². The Kier molecular flexibility index (Phi) is 4.26. The number of nitrogens with zero attached hydrogens (tertiary/aromatic N) is 3.